The normalized spacial score (nSPS) is 11.2. The van der Waals surface area contributed by atoms with Crippen molar-refractivity contribution in [1.82, 2.24) is 0 Å². The molecule has 0 saturated heterocycles. The molecule has 9 heteroatoms. The van der Waals surface area contributed by atoms with Crippen LogP contribution in [0.15, 0.2) is 6.07 Å². The molecular formula is C9H5BrCl2F4O2. The lowest BCUT2D eigenvalue weighted by atomic mass is 10.2. The third-order valence-electron chi connectivity index (χ3n) is 1.78. The molecule has 1 aromatic rings. The van der Waals surface area contributed by atoms with Crippen LogP contribution in [0.4, 0.5) is 17.6 Å². The number of ether oxygens (including phenoxy) is 2. The smallest absolute Gasteiger partial charge is 0.387 e. The molecule has 0 fully saturated rings. The Morgan fingerprint density at radius 3 is 1.67 bits per heavy atom. The SMILES string of the molecule is FC(F)Oc1c(Cl)cc(Cl)c(OC(F)F)c1CBr. The van der Waals surface area contributed by atoms with Crippen molar-refractivity contribution < 1.29 is 27.0 Å². The van der Waals surface area contributed by atoms with Crippen molar-refractivity contribution in [2.75, 3.05) is 0 Å². The second kappa shape index (κ2) is 6.68. The van der Waals surface area contributed by atoms with Gasteiger partial charge in [0.1, 0.15) is 0 Å². The molecule has 0 aromatic heterocycles. The zero-order chi connectivity index (χ0) is 13.9. The van der Waals surface area contributed by atoms with Gasteiger partial charge in [-0.1, -0.05) is 39.1 Å². The lowest BCUT2D eigenvalue weighted by molar-refractivity contribution is -0.0551. The van der Waals surface area contributed by atoms with Crippen molar-refractivity contribution in [3.05, 3.63) is 21.7 Å². The van der Waals surface area contributed by atoms with Gasteiger partial charge in [0.15, 0.2) is 11.5 Å². The molecule has 1 rings (SSSR count). The molecule has 0 atom stereocenters. The lowest BCUT2D eigenvalue weighted by Crippen LogP contribution is -2.09. The van der Waals surface area contributed by atoms with Crippen LogP contribution >= 0.6 is 39.1 Å². The van der Waals surface area contributed by atoms with Crippen LogP contribution in [0, 0.1) is 0 Å². The highest BCUT2D eigenvalue weighted by atomic mass is 79.9. The third-order valence-corrected chi connectivity index (χ3v) is 2.91. The number of benzene rings is 1. The molecule has 0 bridgehead atoms. The average molecular weight is 372 g/mol. The Morgan fingerprint density at radius 1 is 1.00 bits per heavy atom. The standard InChI is InChI=1S/C9H5BrCl2F4O2/c10-2-3-6(17-8(13)14)4(11)1-5(12)7(3)18-9(15)16/h1,8-9H,2H2. The molecule has 0 spiro atoms. The molecule has 0 unspecified atom stereocenters. The zero-order valence-electron chi connectivity index (χ0n) is 8.40. The minimum atomic E-state index is -3.15. The average Bonchev–Trinajstić information content (AvgIpc) is 2.24. The van der Waals surface area contributed by atoms with Crippen LogP contribution in [0.2, 0.25) is 10.0 Å². The minimum absolute atomic E-state index is 0.0998. The molecule has 0 N–H and O–H groups in total. The summed E-state index contributed by atoms with van der Waals surface area (Å²) >= 11 is 14.3. The predicted molar refractivity (Wildman–Crippen MR) is 62.4 cm³/mol. The van der Waals surface area contributed by atoms with Crippen LogP contribution in [0.1, 0.15) is 5.56 Å². The largest absolute Gasteiger partial charge is 0.433 e. The van der Waals surface area contributed by atoms with Gasteiger partial charge < -0.3 is 9.47 Å². The van der Waals surface area contributed by atoms with Gasteiger partial charge in [0.05, 0.1) is 15.6 Å². The predicted octanol–water partition coefficient (Wildman–Crippen LogP) is 5.09. The van der Waals surface area contributed by atoms with Gasteiger partial charge in [-0.3, -0.25) is 0 Å². The first-order valence-electron chi connectivity index (χ1n) is 4.33. The first-order valence-corrected chi connectivity index (χ1v) is 6.21. The van der Waals surface area contributed by atoms with Gasteiger partial charge in [-0.05, 0) is 6.07 Å². The fraction of sp³-hybridized carbons (Fsp3) is 0.333. The van der Waals surface area contributed by atoms with E-state index in [2.05, 4.69) is 25.4 Å². The molecule has 0 heterocycles. The van der Waals surface area contributed by atoms with Gasteiger partial charge >= 0.3 is 13.2 Å². The van der Waals surface area contributed by atoms with Gasteiger partial charge in [0.2, 0.25) is 0 Å². The maximum atomic E-state index is 12.2. The maximum Gasteiger partial charge on any atom is 0.387 e. The molecule has 2 nitrogen and oxygen atoms in total. The fourth-order valence-corrected chi connectivity index (χ4v) is 2.29. The van der Waals surface area contributed by atoms with Crippen LogP contribution in [0.5, 0.6) is 11.5 Å². The van der Waals surface area contributed by atoms with Gasteiger partial charge in [0.25, 0.3) is 0 Å². The number of alkyl halides is 5. The van der Waals surface area contributed by atoms with Crippen molar-refractivity contribution in [3.8, 4) is 11.5 Å². The zero-order valence-corrected chi connectivity index (χ0v) is 11.5. The summed E-state index contributed by atoms with van der Waals surface area (Å²) in [5, 5.41) is -0.551. The van der Waals surface area contributed by atoms with Crippen molar-refractivity contribution in [2.24, 2.45) is 0 Å². The van der Waals surface area contributed by atoms with E-state index in [1.165, 1.54) is 0 Å². The summed E-state index contributed by atoms with van der Waals surface area (Å²) in [6, 6.07) is 0.991. The van der Waals surface area contributed by atoms with Crippen LogP contribution in [-0.4, -0.2) is 13.2 Å². The Hall–Kier alpha value is -0.400. The molecule has 18 heavy (non-hydrogen) atoms. The summed E-state index contributed by atoms with van der Waals surface area (Å²) in [6.45, 7) is -6.30. The van der Waals surface area contributed by atoms with E-state index in [9.17, 15) is 17.6 Å². The van der Waals surface area contributed by atoms with Crippen LogP contribution in [0.3, 0.4) is 0 Å². The molecular weight excluding hydrogens is 367 g/mol. The molecule has 0 aliphatic rings. The van der Waals surface area contributed by atoms with Gasteiger partial charge in [-0.15, -0.1) is 0 Å². The maximum absolute atomic E-state index is 12.2. The molecule has 0 aliphatic heterocycles. The lowest BCUT2D eigenvalue weighted by Gasteiger charge is -2.16. The summed E-state index contributed by atoms with van der Waals surface area (Å²) in [7, 11) is 0. The van der Waals surface area contributed by atoms with Crippen molar-refractivity contribution in [3.63, 3.8) is 0 Å². The number of rotatable bonds is 5. The highest BCUT2D eigenvalue weighted by molar-refractivity contribution is 9.08. The molecule has 102 valence electrons. The van der Waals surface area contributed by atoms with Gasteiger partial charge in [-0.25, -0.2) is 0 Å². The van der Waals surface area contributed by atoms with E-state index in [1.54, 1.807) is 0 Å². The van der Waals surface area contributed by atoms with E-state index in [0.717, 1.165) is 6.07 Å². The third kappa shape index (κ3) is 3.80. The summed E-state index contributed by atoms with van der Waals surface area (Å²) in [6.07, 6.45) is 0. The Morgan fingerprint density at radius 2 is 1.39 bits per heavy atom. The monoisotopic (exact) mass is 370 g/mol. The van der Waals surface area contributed by atoms with Crippen LogP contribution < -0.4 is 9.47 Å². The molecule has 0 aliphatic carbocycles. The molecule has 0 amide bonds. The van der Waals surface area contributed by atoms with Crippen LogP contribution in [-0.2, 0) is 5.33 Å². The van der Waals surface area contributed by atoms with E-state index in [-0.39, 0.29) is 20.9 Å². The van der Waals surface area contributed by atoms with Crippen molar-refractivity contribution in [1.29, 1.82) is 0 Å². The molecule has 0 saturated carbocycles. The summed E-state index contributed by atoms with van der Waals surface area (Å²) in [5.41, 5.74) is -0.117. The Labute approximate surface area is 118 Å². The van der Waals surface area contributed by atoms with Crippen molar-refractivity contribution in [2.45, 2.75) is 18.6 Å². The molecule has 0 radical (unpaired) electrons. The highest BCUT2D eigenvalue weighted by Crippen LogP contribution is 2.43. The number of halogens is 7. The molecule has 1 aromatic carbocycles. The topological polar surface area (TPSA) is 18.5 Å². The van der Waals surface area contributed by atoms with E-state index >= 15 is 0 Å². The number of hydrogen-bond donors (Lipinski definition) is 0. The van der Waals surface area contributed by atoms with Gasteiger partial charge in [0, 0.05) is 5.33 Å². The minimum Gasteiger partial charge on any atom is -0.433 e. The van der Waals surface area contributed by atoms with Gasteiger partial charge in [-0.2, -0.15) is 17.6 Å². The second-order valence-electron chi connectivity index (χ2n) is 2.87. The van der Waals surface area contributed by atoms with E-state index in [4.69, 9.17) is 23.2 Å². The number of hydrogen-bond acceptors (Lipinski definition) is 2. The summed E-state index contributed by atoms with van der Waals surface area (Å²) in [5.74, 6) is -0.910. The fourth-order valence-electron chi connectivity index (χ4n) is 1.19. The summed E-state index contributed by atoms with van der Waals surface area (Å²) < 4.78 is 57.1. The Bertz CT molecular complexity index is 397. The van der Waals surface area contributed by atoms with E-state index in [0.29, 0.717) is 0 Å². The Kier molecular flexibility index (Phi) is 5.81. The second-order valence-corrected chi connectivity index (χ2v) is 4.24. The quantitative estimate of drug-likeness (QED) is 0.530. The first kappa shape index (κ1) is 15.7. The van der Waals surface area contributed by atoms with Crippen LogP contribution in [0.25, 0.3) is 0 Å². The van der Waals surface area contributed by atoms with E-state index < -0.39 is 24.7 Å². The van der Waals surface area contributed by atoms with E-state index in [1.807, 2.05) is 0 Å². The Balaban J connectivity index is 3.32. The summed E-state index contributed by atoms with van der Waals surface area (Å²) in [4.78, 5) is 0. The highest BCUT2D eigenvalue weighted by Gasteiger charge is 2.22. The first-order chi connectivity index (χ1) is 8.36. The van der Waals surface area contributed by atoms with Crippen molar-refractivity contribution >= 4 is 39.1 Å².